The number of aliphatic carboxylic acids is 1. The van der Waals surface area contributed by atoms with Crippen LogP contribution in [-0.2, 0) is 99.1 Å². The summed E-state index contributed by atoms with van der Waals surface area (Å²) in [5, 5.41) is 183. The van der Waals surface area contributed by atoms with Gasteiger partial charge in [0.25, 0.3) is 0 Å². The molecule has 826 valence electrons. The molecule has 0 spiro atoms. The van der Waals surface area contributed by atoms with Gasteiger partial charge < -0.3 is 203 Å². The van der Waals surface area contributed by atoms with Gasteiger partial charge in [0.1, 0.15) is 90.3 Å². The van der Waals surface area contributed by atoms with Crippen LogP contribution in [0.5, 0.6) is 5.75 Å². The van der Waals surface area contributed by atoms with Crippen molar-refractivity contribution in [3.05, 3.63) is 65.7 Å². The van der Waals surface area contributed by atoms with E-state index >= 15 is 4.79 Å². The van der Waals surface area contributed by atoms with Crippen LogP contribution < -0.4 is 162 Å². The predicted molar refractivity (Wildman–Crippen MR) is 530 cm³/mol. The first-order valence-corrected chi connectivity index (χ1v) is 47.0. The Morgan fingerprint density at radius 1 is 0.284 bits per heavy atom. The molecule has 0 aliphatic heterocycles. The lowest BCUT2D eigenvalue weighted by atomic mass is 10.0. The van der Waals surface area contributed by atoms with Crippen molar-refractivity contribution < 1.29 is 127 Å². The Balaban J connectivity index is 2.57. The summed E-state index contributed by atoms with van der Waals surface area (Å²) in [6.07, 6.45) is -5.63. The van der Waals surface area contributed by atoms with Gasteiger partial charge in [0, 0.05) is 52.1 Å². The summed E-state index contributed by atoms with van der Waals surface area (Å²) in [6, 6.07) is -13.4. The van der Waals surface area contributed by atoms with Crippen molar-refractivity contribution in [3.63, 3.8) is 0 Å². The minimum absolute atomic E-state index is 0.0140. The smallest absolute Gasteiger partial charge is 0.326 e. The zero-order valence-electron chi connectivity index (χ0n) is 82.4. The topological polar surface area (TPSA) is 1070 Å². The summed E-state index contributed by atoms with van der Waals surface area (Å²) in [5.41, 5.74) is 39.1. The Hall–Kier alpha value is -16.0. The van der Waals surface area contributed by atoms with Gasteiger partial charge in [-0.05, 0) is 126 Å². The fourth-order valence-corrected chi connectivity index (χ4v) is 13.6. The molecule has 0 bridgehead atoms. The molecule has 0 fully saturated rings. The van der Waals surface area contributed by atoms with Gasteiger partial charge in [0.2, 0.25) is 100 Å². The van der Waals surface area contributed by atoms with Gasteiger partial charge in [-0.2, -0.15) is 0 Å². The van der Waals surface area contributed by atoms with Crippen LogP contribution in [-0.4, -0.2) is 371 Å². The number of aromatic hydroxyl groups is 1. The van der Waals surface area contributed by atoms with Gasteiger partial charge in [-0.25, -0.2) is 4.79 Å². The van der Waals surface area contributed by atoms with Crippen LogP contribution in [0, 0.1) is 38.4 Å². The van der Waals surface area contributed by atoms with Gasteiger partial charge in [0.15, 0.2) is 35.8 Å². The summed E-state index contributed by atoms with van der Waals surface area (Å²) in [7, 11) is 0. The molecule has 2 aromatic carbocycles. The minimum Gasteiger partial charge on any atom is -0.508 e. The fraction of sp³-hybridized carbons (Fsp3) is 0.581. The highest BCUT2D eigenvalue weighted by Crippen LogP contribution is 2.16. The standard InChI is InChI=1S/C86H146N36O26/c1-42(2)32-54(110-62(131)35-106-66(133)48(87)16-8-26-100-81(88)89)71(138)112-49(17-9-27-101-82(90)91)67(134)107-36-63(132)111-57(38-123)74(141)117-56(34-46-22-24-47(129)25-23-46)73(140)119-58(39-124)75(142)115-51(19-11-29-103-84(94)95)69(136)116-55(33-45-14-6-5-7-15-45)72(139)114-50(18-10-28-102-83(92)93)68(135)113-52(20-12-30-104-85(96)97)70(137)118-59(40-125)76(143)122-65(44(4)128)79(146)120-60(41-126)77(144)121-64(43(3)127)78(145)108-37-61(130)109-53(80(147)148)21-13-31-105-86(98)99/h5-7,14-15,22-25,42-44,48-60,64-65,123-129H,8-13,16-21,26-41,87H2,1-4H3,(H,106,133)(H,107,134)(H,108,145)(H,109,130)(H,110,131)(H,111,132)(H,112,138)(H,113,135)(H,114,139)(H,115,142)(H,116,136)(H,117,141)(H,118,137)(H,119,140)(H,120,146)(H,121,144)(H,122,143)(H,147,148)(H4,88,89,100)(H4,90,91,101)(H4,92,93,102)(H4,94,95,103)(H4,96,97,104)(H4,98,99,105)/t43-,44-,48+,49+,50+,51+,52+,53+,54+,55+,56+,57+,58+,59+,60+,64+,65+/m1/s1. The number of carbonyl (C=O) groups is 18. The fourth-order valence-electron chi connectivity index (χ4n) is 13.6. The average molecular weight is 2100 g/mol. The highest BCUT2D eigenvalue weighted by Gasteiger charge is 2.40. The van der Waals surface area contributed by atoms with E-state index in [0.717, 1.165) is 13.8 Å². The molecular formula is C86H146N36O26. The van der Waals surface area contributed by atoms with Crippen LogP contribution in [0.4, 0.5) is 0 Å². The number of aliphatic hydroxyl groups is 6. The number of guanidine groups is 6. The number of aliphatic hydroxyl groups excluding tert-OH is 6. The number of hydrogen-bond donors (Lipinski definition) is 44. The molecule has 51 N–H and O–H groups in total. The summed E-state index contributed by atoms with van der Waals surface area (Å²) >= 11 is 0. The van der Waals surface area contributed by atoms with Crippen LogP contribution in [0.3, 0.4) is 0 Å². The molecule has 0 heterocycles. The first kappa shape index (κ1) is 128. The molecular weight excluding hydrogens is 1950 g/mol. The second-order valence-electron chi connectivity index (χ2n) is 34.3. The van der Waals surface area contributed by atoms with E-state index in [1.807, 2.05) is 5.32 Å². The number of nitrogens with one attached hydrogen (secondary N) is 29. The van der Waals surface area contributed by atoms with Crippen molar-refractivity contribution in [1.82, 2.24) is 122 Å². The number of amides is 17. The van der Waals surface area contributed by atoms with E-state index in [1.54, 1.807) is 44.2 Å². The minimum atomic E-state index is -2.11. The predicted octanol–water partition coefficient (Wildman–Crippen LogP) is -16.9. The van der Waals surface area contributed by atoms with Crippen molar-refractivity contribution in [3.8, 4) is 5.75 Å². The SMILES string of the molecule is CC(C)C[C@H](NC(=O)CNC(=O)[C@@H](N)CCCNC(=N)N)C(=O)N[C@@H](CCCNC(=N)N)C(=O)NCC(=O)N[C@@H](CO)C(=O)N[C@@H](Cc1ccc(O)cc1)C(=O)N[C@@H](CO)C(=O)N[C@@H](CCCNC(=N)N)C(=O)N[C@@H](Cc1ccccc1)C(=O)N[C@@H](CCCNC(=N)N)C(=O)N[C@@H](CCCNC(=N)N)C(=O)N[C@@H](CO)C(=O)N[C@H](C(=O)N[C@@H](CO)C(=O)N[C@H](C(=O)NCC(=O)N[C@@H](CCCNC(=N)N)C(=O)O)[C@@H](C)O)[C@@H](C)O. The van der Waals surface area contributed by atoms with Gasteiger partial charge in [0.05, 0.1) is 64.3 Å². The number of phenolic OH excluding ortho intramolecular Hbond substituents is 1. The average Bonchev–Trinajstić information content (AvgIpc) is 0.850. The molecule has 0 radical (unpaired) electrons. The number of phenols is 1. The van der Waals surface area contributed by atoms with Crippen molar-refractivity contribution in [2.75, 3.05) is 85.3 Å². The zero-order valence-corrected chi connectivity index (χ0v) is 82.4. The molecule has 148 heavy (non-hydrogen) atoms. The Labute approximate surface area is 850 Å². The molecule has 0 aliphatic carbocycles. The first-order valence-electron chi connectivity index (χ1n) is 47.0. The highest BCUT2D eigenvalue weighted by atomic mass is 16.4. The van der Waals surface area contributed by atoms with Crippen molar-refractivity contribution in [2.24, 2.45) is 46.1 Å². The summed E-state index contributed by atoms with van der Waals surface area (Å²) in [5.74, 6) is -24.1. The highest BCUT2D eigenvalue weighted by molar-refractivity contribution is 6.01. The third-order valence-electron chi connectivity index (χ3n) is 21.4. The number of carboxylic acids is 1. The quantitative estimate of drug-likeness (QED) is 0.0166. The van der Waals surface area contributed by atoms with Crippen LogP contribution in [0.15, 0.2) is 54.6 Å². The molecule has 17 atom stereocenters. The number of nitrogens with two attached hydrogens (primary N) is 7. The van der Waals surface area contributed by atoms with E-state index in [0.29, 0.717) is 12.0 Å². The monoisotopic (exact) mass is 2100 g/mol. The van der Waals surface area contributed by atoms with Gasteiger partial charge in [-0.15, -0.1) is 0 Å². The third kappa shape index (κ3) is 52.5. The molecule has 2 rings (SSSR count). The Bertz CT molecular complexity index is 4780. The number of carboxylic acid groups (broad SMARTS) is 1. The normalized spacial score (nSPS) is 14.3. The van der Waals surface area contributed by atoms with Crippen LogP contribution in [0.2, 0.25) is 0 Å². The van der Waals surface area contributed by atoms with E-state index in [2.05, 4.69) is 117 Å². The number of hydrogen-bond acceptors (Lipinski definition) is 32. The Morgan fingerprint density at radius 2 is 0.534 bits per heavy atom. The zero-order chi connectivity index (χ0) is 111. The molecule has 0 saturated heterocycles. The van der Waals surface area contributed by atoms with Crippen molar-refractivity contribution >= 4 is 142 Å². The van der Waals surface area contributed by atoms with Gasteiger partial charge >= 0.3 is 5.97 Å². The van der Waals surface area contributed by atoms with Crippen LogP contribution in [0.25, 0.3) is 0 Å². The number of rotatable bonds is 71. The Kier molecular flexibility index (Phi) is 59.8. The molecule has 0 aromatic heterocycles. The van der Waals surface area contributed by atoms with E-state index in [4.69, 9.17) is 72.6 Å². The summed E-state index contributed by atoms with van der Waals surface area (Å²) in [6.45, 7) is -2.03. The number of carbonyl (C=O) groups excluding carboxylic acids is 17. The maximum Gasteiger partial charge on any atom is 0.326 e. The van der Waals surface area contributed by atoms with Gasteiger partial charge in [-0.1, -0.05) is 56.3 Å². The maximum atomic E-state index is 15.1. The summed E-state index contributed by atoms with van der Waals surface area (Å²) in [4.78, 5) is 249. The molecule has 0 unspecified atom stereocenters. The maximum absolute atomic E-state index is 15.1. The lowest BCUT2D eigenvalue weighted by molar-refractivity contribution is -0.142. The second-order valence-corrected chi connectivity index (χ2v) is 34.3. The molecule has 17 amide bonds. The molecule has 62 nitrogen and oxygen atoms in total. The van der Waals surface area contributed by atoms with Gasteiger partial charge in [-0.3, -0.25) is 114 Å². The van der Waals surface area contributed by atoms with E-state index in [1.165, 1.54) is 24.3 Å². The van der Waals surface area contributed by atoms with Crippen molar-refractivity contribution in [1.29, 1.82) is 32.5 Å². The molecule has 0 aliphatic rings. The largest absolute Gasteiger partial charge is 0.508 e. The second kappa shape index (κ2) is 69.1. The first-order chi connectivity index (χ1) is 69.8. The molecule has 62 heteroatoms. The molecule has 0 saturated carbocycles. The lowest BCUT2D eigenvalue weighted by Gasteiger charge is -2.28. The van der Waals surface area contributed by atoms with E-state index in [-0.39, 0.29) is 139 Å². The number of benzene rings is 2. The lowest BCUT2D eigenvalue weighted by Crippen LogP contribution is -2.63. The summed E-state index contributed by atoms with van der Waals surface area (Å²) < 4.78 is 0. The molecule has 2 aromatic rings. The van der Waals surface area contributed by atoms with E-state index < -0.39 is 298 Å². The van der Waals surface area contributed by atoms with Crippen LogP contribution in [0.1, 0.15) is 122 Å². The Morgan fingerprint density at radius 3 is 0.865 bits per heavy atom. The van der Waals surface area contributed by atoms with Crippen molar-refractivity contribution in [2.45, 2.75) is 227 Å². The van der Waals surface area contributed by atoms with E-state index in [9.17, 15) is 122 Å². The van der Waals surface area contributed by atoms with Crippen LogP contribution >= 0.6 is 0 Å². The third-order valence-corrected chi connectivity index (χ3v) is 21.4.